The van der Waals surface area contributed by atoms with Crippen molar-refractivity contribution in [1.82, 2.24) is 4.90 Å². The largest absolute Gasteiger partial charge is 0.381 e. The van der Waals surface area contributed by atoms with Gasteiger partial charge in [-0.3, -0.25) is 4.79 Å². The first-order valence-corrected chi connectivity index (χ1v) is 9.12. The molecular formula is C20H27NO2. The van der Waals surface area contributed by atoms with E-state index in [1.54, 1.807) is 7.11 Å². The summed E-state index contributed by atoms with van der Waals surface area (Å²) < 4.78 is 5.50. The molecule has 2 fully saturated rings. The highest BCUT2D eigenvalue weighted by molar-refractivity contribution is 5.79. The minimum Gasteiger partial charge on any atom is -0.381 e. The van der Waals surface area contributed by atoms with Gasteiger partial charge in [-0.05, 0) is 49.7 Å². The van der Waals surface area contributed by atoms with Gasteiger partial charge < -0.3 is 9.64 Å². The Morgan fingerprint density at radius 3 is 3.00 bits per heavy atom. The molecule has 1 saturated heterocycles. The lowest BCUT2D eigenvalue weighted by molar-refractivity contribution is -0.137. The highest BCUT2D eigenvalue weighted by atomic mass is 16.5. The molecule has 1 aliphatic heterocycles. The van der Waals surface area contributed by atoms with E-state index in [0.717, 1.165) is 45.2 Å². The van der Waals surface area contributed by atoms with E-state index in [4.69, 9.17) is 4.74 Å². The zero-order valence-electron chi connectivity index (χ0n) is 14.1. The van der Waals surface area contributed by atoms with Gasteiger partial charge in [0.25, 0.3) is 0 Å². The third kappa shape index (κ3) is 2.59. The third-order valence-corrected chi connectivity index (χ3v) is 6.44. The summed E-state index contributed by atoms with van der Waals surface area (Å²) in [6, 6.07) is 8.85. The molecular weight excluding hydrogens is 286 g/mol. The normalized spacial score (nSPS) is 33.2. The van der Waals surface area contributed by atoms with E-state index >= 15 is 0 Å². The Labute approximate surface area is 139 Å². The first-order chi connectivity index (χ1) is 11.2. The standard InChI is InChI=1S/C20H27NO2/c1-23-17-7-4-6-16(13-17)19(22)21-12-11-20(14-21)10-9-15-5-2-3-8-18(15)20/h2-3,5,8,16-17H,4,6-7,9-14H2,1H3. The molecule has 1 aromatic rings. The molecule has 124 valence electrons. The van der Waals surface area contributed by atoms with E-state index < -0.39 is 0 Å². The smallest absolute Gasteiger partial charge is 0.225 e. The first kappa shape index (κ1) is 15.2. The molecule has 23 heavy (non-hydrogen) atoms. The van der Waals surface area contributed by atoms with Crippen LogP contribution in [0.25, 0.3) is 0 Å². The van der Waals surface area contributed by atoms with Crippen molar-refractivity contribution in [1.29, 1.82) is 0 Å². The number of methoxy groups -OCH3 is 1. The van der Waals surface area contributed by atoms with Gasteiger partial charge in [0.1, 0.15) is 0 Å². The molecule has 3 aliphatic rings. The van der Waals surface area contributed by atoms with Crippen molar-refractivity contribution in [2.75, 3.05) is 20.2 Å². The van der Waals surface area contributed by atoms with Crippen LogP contribution in [0.2, 0.25) is 0 Å². The SMILES string of the molecule is COC1CCCC(C(=O)N2CCC3(CCc4ccccc43)C2)C1. The predicted octanol–water partition coefficient (Wildman–Crippen LogP) is 3.31. The van der Waals surface area contributed by atoms with Gasteiger partial charge in [0.05, 0.1) is 6.10 Å². The Bertz CT molecular complexity index is 599. The second-order valence-electron chi connectivity index (χ2n) is 7.67. The van der Waals surface area contributed by atoms with Gasteiger partial charge in [-0.25, -0.2) is 0 Å². The highest BCUT2D eigenvalue weighted by Crippen LogP contribution is 2.46. The Balaban J connectivity index is 1.48. The molecule has 1 heterocycles. The van der Waals surface area contributed by atoms with Crippen molar-refractivity contribution in [2.45, 2.75) is 56.5 Å². The summed E-state index contributed by atoms with van der Waals surface area (Å²) >= 11 is 0. The summed E-state index contributed by atoms with van der Waals surface area (Å²) in [5.74, 6) is 0.563. The number of carbonyl (C=O) groups is 1. The maximum Gasteiger partial charge on any atom is 0.225 e. The Morgan fingerprint density at radius 2 is 2.13 bits per heavy atom. The maximum absolute atomic E-state index is 13.0. The molecule has 0 bridgehead atoms. The van der Waals surface area contributed by atoms with Gasteiger partial charge in [0.15, 0.2) is 0 Å². The lowest BCUT2D eigenvalue weighted by Gasteiger charge is -2.31. The van der Waals surface area contributed by atoms with Crippen LogP contribution in [-0.2, 0) is 21.4 Å². The van der Waals surface area contributed by atoms with Gasteiger partial charge in [-0.1, -0.05) is 30.7 Å². The van der Waals surface area contributed by atoms with Crippen LogP contribution in [0.4, 0.5) is 0 Å². The van der Waals surface area contributed by atoms with Gasteiger partial charge in [0, 0.05) is 31.5 Å². The summed E-state index contributed by atoms with van der Waals surface area (Å²) in [7, 11) is 1.78. The third-order valence-electron chi connectivity index (χ3n) is 6.44. The first-order valence-electron chi connectivity index (χ1n) is 9.12. The second-order valence-corrected chi connectivity index (χ2v) is 7.67. The lowest BCUT2D eigenvalue weighted by Crippen LogP contribution is -2.39. The Morgan fingerprint density at radius 1 is 1.26 bits per heavy atom. The van der Waals surface area contributed by atoms with Crippen LogP contribution in [0.5, 0.6) is 0 Å². The molecule has 3 heteroatoms. The van der Waals surface area contributed by atoms with Crippen LogP contribution in [0, 0.1) is 5.92 Å². The number of ether oxygens (including phenoxy) is 1. The van der Waals surface area contributed by atoms with E-state index in [1.165, 1.54) is 24.0 Å². The molecule has 1 amide bonds. The molecule has 3 atom stereocenters. The van der Waals surface area contributed by atoms with E-state index in [0.29, 0.717) is 5.91 Å². The number of fused-ring (bicyclic) bond motifs is 2. The van der Waals surface area contributed by atoms with Crippen LogP contribution in [-0.4, -0.2) is 37.1 Å². The zero-order valence-corrected chi connectivity index (χ0v) is 14.1. The number of hydrogen-bond acceptors (Lipinski definition) is 2. The summed E-state index contributed by atoms with van der Waals surface area (Å²) in [5, 5.41) is 0. The van der Waals surface area contributed by atoms with Crippen molar-refractivity contribution in [3.05, 3.63) is 35.4 Å². The molecule has 1 spiro atoms. The predicted molar refractivity (Wildman–Crippen MR) is 90.4 cm³/mol. The van der Waals surface area contributed by atoms with Crippen molar-refractivity contribution in [3.63, 3.8) is 0 Å². The van der Waals surface area contributed by atoms with E-state index in [1.807, 2.05) is 0 Å². The highest BCUT2D eigenvalue weighted by Gasteiger charge is 2.46. The summed E-state index contributed by atoms with van der Waals surface area (Å²) in [4.78, 5) is 15.1. The number of nitrogens with zero attached hydrogens (tertiary/aromatic N) is 1. The summed E-state index contributed by atoms with van der Waals surface area (Å²) in [6.07, 6.45) is 7.98. The van der Waals surface area contributed by atoms with Crippen LogP contribution in [0.1, 0.15) is 49.7 Å². The molecule has 0 radical (unpaired) electrons. The van der Waals surface area contributed by atoms with Gasteiger partial charge >= 0.3 is 0 Å². The van der Waals surface area contributed by atoms with E-state index in [9.17, 15) is 4.79 Å². The van der Waals surface area contributed by atoms with E-state index in [2.05, 4.69) is 29.2 Å². The molecule has 1 aromatic carbocycles. The van der Waals surface area contributed by atoms with Crippen LogP contribution in [0.3, 0.4) is 0 Å². The summed E-state index contributed by atoms with van der Waals surface area (Å²) in [5.41, 5.74) is 3.24. The average Bonchev–Trinajstić information content (AvgIpc) is 3.20. The molecule has 3 unspecified atom stereocenters. The molecule has 1 saturated carbocycles. The monoisotopic (exact) mass is 313 g/mol. The van der Waals surface area contributed by atoms with Gasteiger partial charge in [-0.15, -0.1) is 0 Å². The van der Waals surface area contributed by atoms with Crippen LogP contribution in [0.15, 0.2) is 24.3 Å². The molecule has 0 N–H and O–H groups in total. The van der Waals surface area contributed by atoms with Crippen LogP contribution < -0.4 is 0 Å². The van der Waals surface area contributed by atoms with Crippen LogP contribution >= 0.6 is 0 Å². The fourth-order valence-corrected chi connectivity index (χ4v) is 5.09. The Kier molecular flexibility index (Phi) is 3.92. The minimum absolute atomic E-state index is 0.181. The second kappa shape index (κ2) is 5.94. The topological polar surface area (TPSA) is 29.5 Å². The molecule has 2 aliphatic carbocycles. The Hall–Kier alpha value is -1.35. The number of carbonyl (C=O) groups excluding carboxylic acids is 1. The van der Waals surface area contributed by atoms with Crippen molar-refractivity contribution in [3.8, 4) is 0 Å². The molecule has 4 rings (SSSR count). The van der Waals surface area contributed by atoms with Gasteiger partial charge in [-0.2, -0.15) is 0 Å². The average molecular weight is 313 g/mol. The van der Waals surface area contributed by atoms with Gasteiger partial charge in [0.2, 0.25) is 5.91 Å². The fourth-order valence-electron chi connectivity index (χ4n) is 5.09. The number of hydrogen-bond donors (Lipinski definition) is 0. The minimum atomic E-state index is 0.181. The quantitative estimate of drug-likeness (QED) is 0.838. The number of benzene rings is 1. The number of aryl methyl sites for hydroxylation is 1. The molecule has 0 aromatic heterocycles. The maximum atomic E-state index is 13.0. The number of rotatable bonds is 2. The lowest BCUT2D eigenvalue weighted by atomic mass is 9.81. The van der Waals surface area contributed by atoms with Crippen molar-refractivity contribution in [2.24, 2.45) is 5.92 Å². The molecule has 3 nitrogen and oxygen atoms in total. The van der Waals surface area contributed by atoms with E-state index in [-0.39, 0.29) is 17.4 Å². The zero-order chi connectivity index (χ0) is 15.9. The number of amides is 1. The fraction of sp³-hybridized carbons (Fsp3) is 0.650. The number of likely N-dealkylation sites (tertiary alicyclic amines) is 1. The van der Waals surface area contributed by atoms with Crippen molar-refractivity contribution >= 4 is 5.91 Å². The van der Waals surface area contributed by atoms with Crippen molar-refractivity contribution < 1.29 is 9.53 Å². The summed E-state index contributed by atoms with van der Waals surface area (Å²) in [6.45, 7) is 1.86.